The van der Waals surface area contributed by atoms with E-state index in [1.54, 1.807) is 12.1 Å². The summed E-state index contributed by atoms with van der Waals surface area (Å²) in [6.45, 7) is 3.67. The molecule has 11 heteroatoms. The van der Waals surface area contributed by atoms with Crippen molar-refractivity contribution in [3.8, 4) is 11.5 Å². The van der Waals surface area contributed by atoms with Crippen molar-refractivity contribution in [3.05, 3.63) is 80.7 Å². The van der Waals surface area contributed by atoms with Crippen molar-refractivity contribution in [1.82, 2.24) is 5.43 Å². The Bertz CT molecular complexity index is 1350. The standard InChI is InChI=1S/C26H24FIN4O5/c1-15-5-4-6-21(16(15)2)31-23(33)14-37-24-20(28)11-17(12-22(24)36-3)13-29-32-26(35)25(34)30-19-9-7-18(27)8-10-19/h4-13H,14H2,1-3H3,(H,30,34)(H,31,33)(H,32,35)/b29-13-. The first-order chi connectivity index (χ1) is 17.7. The van der Waals surface area contributed by atoms with Gasteiger partial charge in [-0.25, -0.2) is 9.82 Å². The quantitative estimate of drug-likeness (QED) is 0.152. The van der Waals surface area contributed by atoms with Crippen molar-refractivity contribution in [2.75, 3.05) is 24.4 Å². The number of hydrogen-bond donors (Lipinski definition) is 3. The van der Waals surface area contributed by atoms with Crippen LogP contribution in [0, 0.1) is 23.2 Å². The third-order valence-corrected chi connectivity index (χ3v) is 5.97. The Hall–Kier alpha value is -4.00. The average molecular weight is 618 g/mol. The molecule has 0 aromatic heterocycles. The molecule has 192 valence electrons. The normalized spacial score (nSPS) is 10.6. The summed E-state index contributed by atoms with van der Waals surface area (Å²) in [5.74, 6) is -2.02. The van der Waals surface area contributed by atoms with Crippen LogP contribution in [0.3, 0.4) is 0 Å². The molecule has 37 heavy (non-hydrogen) atoms. The van der Waals surface area contributed by atoms with Crippen LogP contribution in [0.25, 0.3) is 0 Å². The second kappa shape index (κ2) is 12.8. The summed E-state index contributed by atoms with van der Waals surface area (Å²) in [6.07, 6.45) is 1.32. The van der Waals surface area contributed by atoms with E-state index in [9.17, 15) is 18.8 Å². The summed E-state index contributed by atoms with van der Waals surface area (Å²) >= 11 is 2.03. The summed E-state index contributed by atoms with van der Waals surface area (Å²) in [5.41, 5.74) is 5.70. The number of nitrogens with zero attached hydrogens (tertiary/aromatic N) is 1. The van der Waals surface area contributed by atoms with Crippen LogP contribution in [0.2, 0.25) is 0 Å². The fourth-order valence-corrected chi connectivity index (χ4v) is 3.88. The molecule has 0 saturated carbocycles. The number of halogens is 2. The van der Waals surface area contributed by atoms with Gasteiger partial charge in [-0.1, -0.05) is 12.1 Å². The predicted octanol–water partition coefficient (Wildman–Crippen LogP) is 4.16. The fourth-order valence-electron chi connectivity index (χ4n) is 3.10. The molecule has 0 aliphatic rings. The molecule has 0 heterocycles. The van der Waals surface area contributed by atoms with Crippen LogP contribution < -0.4 is 25.5 Å². The van der Waals surface area contributed by atoms with Gasteiger partial charge in [0.2, 0.25) is 0 Å². The molecule has 3 amide bonds. The second-order valence-corrected chi connectivity index (χ2v) is 8.94. The predicted molar refractivity (Wildman–Crippen MR) is 147 cm³/mol. The van der Waals surface area contributed by atoms with Gasteiger partial charge in [-0.15, -0.1) is 0 Å². The highest BCUT2D eigenvalue weighted by Gasteiger charge is 2.15. The number of nitrogens with one attached hydrogen (secondary N) is 3. The monoisotopic (exact) mass is 618 g/mol. The number of rotatable bonds is 8. The summed E-state index contributed by atoms with van der Waals surface area (Å²) in [5, 5.41) is 8.96. The van der Waals surface area contributed by atoms with Crippen molar-refractivity contribution < 1.29 is 28.2 Å². The smallest absolute Gasteiger partial charge is 0.329 e. The fraction of sp³-hybridized carbons (Fsp3) is 0.154. The number of carbonyl (C=O) groups is 3. The Morgan fingerprint density at radius 1 is 1.03 bits per heavy atom. The molecule has 0 radical (unpaired) electrons. The van der Waals surface area contributed by atoms with Gasteiger partial charge in [0.05, 0.1) is 16.9 Å². The molecule has 0 aliphatic heterocycles. The van der Waals surface area contributed by atoms with E-state index in [1.807, 2.05) is 54.6 Å². The van der Waals surface area contributed by atoms with Crippen LogP contribution in [0.1, 0.15) is 16.7 Å². The van der Waals surface area contributed by atoms with Crippen molar-refractivity contribution in [3.63, 3.8) is 0 Å². The van der Waals surface area contributed by atoms with Crippen LogP contribution >= 0.6 is 22.6 Å². The summed E-state index contributed by atoms with van der Waals surface area (Å²) in [7, 11) is 1.46. The first-order valence-corrected chi connectivity index (χ1v) is 12.0. The highest BCUT2D eigenvalue weighted by atomic mass is 127. The Kier molecular flexibility index (Phi) is 9.55. The van der Waals surface area contributed by atoms with Gasteiger partial charge in [-0.05, 0) is 95.6 Å². The number of aryl methyl sites for hydroxylation is 1. The molecule has 3 N–H and O–H groups in total. The first-order valence-electron chi connectivity index (χ1n) is 10.9. The zero-order chi connectivity index (χ0) is 26.9. The molecule has 0 saturated heterocycles. The SMILES string of the molecule is COc1cc(/C=N\NC(=O)C(=O)Nc2ccc(F)cc2)cc(I)c1OCC(=O)Nc1cccc(C)c1C. The minimum absolute atomic E-state index is 0.230. The van der Waals surface area contributed by atoms with Crippen LogP contribution in [0.4, 0.5) is 15.8 Å². The van der Waals surface area contributed by atoms with Crippen molar-refractivity contribution in [2.45, 2.75) is 13.8 Å². The Morgan fingerprint density at radius 2 is 1.76 bits per heavy atom. The molecule has 0 atom stereocenters. The number of amides is 3. The van der Waals surface area contributed by atoms with Crippen LogP contribution in [0.15, 0.2) is 59.7 Å². The second-order valence-electron chi connectivity index (χ2n) is 7.78. The van der Waals surface area contributed by atoms with E-state index in [0.29, 0.717) is 20.6 Å². The van der Waals surface area contributed by atoms with Gasteiger partial charge in [0, 0.05) is 11.4 Å². The van der Waals surface area contributed by atoms with E-state index in [0.717, 1.165) is 28.9 Å². The summed E-state index contributed by atoms with van der Waals surface area (Å²) < 4.78 is 24.7. The molecule has 3 rings (SSSR count). The first kappa shape index (κ1) is 27.6. The summed E-state index contributed by atoms with van der Waals surface area (Å²) in [6, 6.07) is 13.9. The maximum absolute atomic E-state index is 13.0. The zero-order valence-corrected chi connectivity index (χ0v) is 22.4. The average Bonchev–Trinajstić information content (AvgIpc) is 2.87. The number of carbonyl (C=O) groups excluding carboxylic acids is 3. The van der Waals surface area contributed by atoms with E-state index in [4.69, 9.17) is 9.47 Å². The van der Waals surface area contributed by atoms with Crippen molar-refractivity contribution >= 4 is 57.9 Å². The molecule has 0 unspecified atom stereocenters. The van der Waals surface area contributed by atoms with Gasteiger partial charge < -0.3 is 20.1 Å². The van der Waals surface area contributed by atoms with Gasteiger partial charge in [0.1, 0.15) is 5.82 Å². The Morgan fingerprint density at radius 3 is 2.46 bits per heavy atom. The number of benzene rings is 3. The van der Waals surface area contributed by atoms with Gasteiger partial charge >= 0.3 is 11.8 Å². The van der Waals surface area contributed by atoms with Gasteiger partial charge in [0.25, 0.3) is 5.91 Å². The minimum Gasteiger partial charge on any atom is -0.493 e. The zero-order valence-electron chi connectivity index (χ0n) is 20.2. The molecule has 0 aliphatic carbocycles. The van der Waals surface area contributed by atoms with Crippen LogP contribution in [-0.4, -0.2) is 37.7 Å². The highest BCUT2D eigenvalue weighted by molar-refractivity contribution is 14.1. The van der Waals surface area contributed by atoms with E-state index in [1.165, 1.54) is 25.5 Å². The van der Waals surface area contributed by atoms with Gasteiger partial charge in [0.15, 0.2) is 18.1 Å². The Balaban J connectivity index is 1.59. The minimum atomic E-state index is -1.00. The van der Waals surface area contributed by atoms with Crippen LogP contribution in [0.5, 0.6) is 11.5 Å². The maximum atomic E-state index is 13.0. The highest BCUT2D eigenvalue weighted by Crippen LogP contribution is 2.33. The molecular formula is C26H24FIN4O5. The lowest BCUT2D eigenvalue weighted by molar-refractivity contribution is -0.136. The summed E-state index contributed by atoms with van der Waals surface area (Å²) in [4.78, 5) is 36.4. The lowest BCUT2D eigenvalue weighted by Crippen LogP contribution is -2.32. The van der Waals surface area contributed by atoms with E-state index >= 15 is 0 Å². The van der Waals surface area contributed by atoms with Crippen LogP contribution in [-0.2, 0) is 14.4 Å². The number of anilines is 2. The van der Waals surface area contributed by atoms with E-state index in [2.05, 4.69) is 21.2 Å². The molecule has 0 spiro atoms. The lowest BCUT2D eigenvalue weighted by atomic mass is 10.1. The molecule has 0 bridgehead atoms. The number of hydrogen-bond acceptors (Lipinski definition) is 6. The van der Waals surface area contributed by atoms with E-state index in [-0.39, 0.29) is 18.2 Å². The third kappa shape index (κ3) is 7.74. The third-order valence-electron chi connectivity index (χ3n) is 5.17. The lowest BCUT2D eigenvalue weighted by Gasteiger charge is -2.14. The number of hydrazone groups is 1. The molecule has 9 nitrogen and oxygen atoms in total. The van der Waals surface area contributed by atoms with Crippen molar-refractivity contribution in [2.24, 2.45) is 5.10 Å². The van der Waals surface area contributed by atoms with Crippen molar-refractivity contribution in [1.29, 1.82) is 0 Å². The molecule has 0 fully saturated rings. The Labute approximate surface area is 226 Å². The van der Waals surface area contributed by atoms with E-state index < -0.39 is 17.6 Å². The number of methoxy groups -OCH3 is 1. The number of ether oxygens (including phenoxy) is 2. The van der Waals surface area contributed by atoms with Gasteiger partial charge in [-0.2, -0.15) is 5.10 Å². The molecule has 3 aromatic rings. The molecular weight excluding hydrogens is 594 g/mol. The van der Waals surface area contributed by atoms with Gasteiger partial charge in [-0.3, -0.25) is 14.4 Å². The molecule has 3 aromatic carbocycles. The maximum Gasteiger partial charge on any atom is 0.329 e. The largest absolute Gasteiger partial charge is 0.493 e. The topological polar surface area (TPSA) is 118 Å².